The SMILES string of the molecule is Cn1ncc2c1CCCC2NCCC(N)=O. The molecule has 0 fully saturated rings. The standard InChI is InChI=1S/C11H18N4O/c1-15-10-4-2-3-9(8(10)7-14-15)13-6-5-11(12)16/h7,9,13H,2-6H2,1H3,(H2,12,16). The Kier molecular flexibility index (Phi) is 3.24. The van der Waals surface area contributed by atoms with Gasteiger partial charge in [0.1, 0.15) is 0 Å². The van der Waals surface area contributed by atoms with Crippen molar-refractivity contribution in [3.63, 3.8) is 0 Å². The molecule has 0 radical (unpaired) electrons. The molecule has 1 atom stereocenters. The zero-order chi connectivity index (χ0) is 11.5. The fourth-order valence-electron chi connectivity index (χ4n) is 2.29. The van der Waals surface area contributed by atoms with Gasteiger partial charge in [0.2, 0.25) is 5.91 Å². The van der Waals surface area contributed by atoms with Gasteiger partial charge in [0.15, 0.2) is 0 Å². The topological polar surface area (TPSA) is 72.9 Å². The Labute approximate surface area is 95.0 Å². The highest BCUT2D eigenvalue weighted by atomic mass is 16.1. The second kappa shape index (κ2) is 4.65. The first-order valence-corrected chi connectivity index (χ1v) is 5.71. The van der Waals surface area contributed by atoms with E-state index >= 15 is 0 Å². The van der Waals surface area contributed by atoms with Crippen LogP contribution in [0.4, 0.5) is 0 Å². The normalized spacial score (nSPS) is 19.4. The molecule has 5 heteroatoms. The van der Waals surface area contributed by atoms with Crippen LogP contribution in [0.1, 0.15) is 36.6 Å². The number of aryl methyl sites for hydroxylation is 1. The molecule has 1 heterocycles. The van der Waals surface area contributed by atoms with Gasteiger partial charge in [-0.1, -0.05) is 0 Å². The summed E-state index contributed by atoms with van der Waals surface area (Å²) in [5.74, 6) is -0.255. The van der Waals surface area contributed by atoms with E-state index in [1.807, 2.05) is 17.9 Å². The molecule has 1 unspecified atom stereocenters. The molecule has 1 amide bonds. The number of nitrogens with two attached hydrogens (primary N) is 1. The molecule has 16 heavy (non-hydrogen) atoms. The fourth-order valence-corrected chi connectivity index (χ4v) is 2.29. The Balaban J connectivity index is 1.99. The van der Waals surface area contributed by atoms with Crippen LogP contribution >= 0.6 is 0 Å². The van der Waals surface area contributed by atoms with Crippen LogP contribution in [0.3, 0.4) is 0 Å². The average molecular weight is 222 g/mol. The van der Waals surface area contributed by atoms with E-state index in [0.29, 0.717) is 19.0 Å². The van der Waals surface area contributed by atoms with Gasteiger partial charge in [0.25, 0.3) is 0 Å². The monoisotopic (exact) mass is 222 g/mol. The maximum Gasteiger partial charge on any atom is 0.218 e. The number of nitrogens with one attached hydrogen (secondary N) is 1. The van der Waals surface area contributed by atoms with E-state index < -0.39 is 0 Å². The van der Waals surface area contributed by atoms with E-state index in [4.69, 9.17) is 5.73 Å². The van der Waals surface area contributed by atoms with Crippen molar-refractivity contribution in [1.82, 2.24) is 15.1 Å². The summed E-state index contributed by atoms with van der Waals surface area (Å²) in [6, 6.07) is 0.330. The quantitative estimate of drug-likeness (QED) is 0.767. The number of primary amides is 1. The van der Waals surface area contributed by atoms with Gasteiger partial charge in [0, 0.05) is 37.3 Å². The van der Waals surface area contributed by atoms with E-state index in [0.717, 1.165) is 12.8 Å². The Morgan fingerprint density at radius 3 is 3.31 bits per heavy atom. The van der Waals surface area contributed by atoms with E-state index in [1.54, 1.807) is 0 Å². The van der Waals surface area contributed by atoms with Crippen LogP contribution in [0.2, 0.25) is 0 Å². The summed E-state index contributed by atoms with van der Waals surface area (Å²) in [7, 11) is 1.98. The van der Waals surface area contributed by atoms with Gasteiger partial charge in [0.05, 0.1) is 6.20 Å². The lowest BCUT2D eigenvalue weighted by atomic mass is 9.93. The largest absolute Gasteiger partial charge is 0.370 e. The molecule has 0 saturated heterocycles. The molecule has 1 aromatic rings. The summed E-state index contributed by atoms with van der Waals surface area (Å²) in [6.07, 6.45) is 5.70. The minimum absolute atomic E-state index is 0.255. The molecule has 88 valence electrons. The minimum Gasteiger partial charge on any atom is -0.370 e. The van der Waals surface area contributed by atoms with Gasteiger partial charge in [-0.05, 0) is 19.3 Å². The van der Waals surface area contributed by atoms with E-state index in [2.05, 4.69) is 10.4 Å². The van der Waals surface area contributed by atoms with Crippen molar-refractivity contribution in [3.05, 3.63) is 17.5 Å². The van der Waals surface area contributed by atoms with Gasteiger partial charge in [-0.2, -0.15) is 5.10 Å². The molecule has 0 bridgehead atoms. The second-order valence-corrected chi connectivity index (χ2v) is 4.29. The highest BCUT2D eigenvalue weighted by Gasteiger charge is 2.22. The van der Waals surface area contributed by atoms with Crippen LogP contribution in [-0.2, 0) is 18.3 Å². The molecule has 5 nitrogen and oxygen atoms in total. The number of rotatable bonds is 4. The van der Waals surface area contributed by atoms with Crippen molar-refractivity contribution in [2.45, 2.75) is 31.7 Å². The molecule has 0 aliphatic heterocycles. The highest BCUT2D eigenvalue weighted by molar-refractivity contribution is 5.73. The summed E-state index contributed by atoms with van der Waals surface area (Å²) in [4.78, 5) is 10.7. The lowest BCUT2D eigenvalue weighted by Gasteiger charge is -2.23. The van der Waals surface area contributed by atoms with Crippen LogP contribution in [0.5, 0.6) is 0 Å². The fraction of sp³-hybridized carbons (Fsp3) is 0.636. The maximum atomic E-state index is 10.7. The number of fused-ring (bicyclic) bond motifs is 1. The molecule has 0 saturated carbocycles. The van der Waals surface area contributed by atoms with Crippen LogP contribution in [0.15, 0.2) is 6.20 Å². The predicted octanol–water partition coefficient (Wildman–Crippen LogP) is 0.262. The Bertz CT molecular complexity index is 385. The Hall–Kier alpha value is -1.36. The van der Waals surface area contributed by atoms with Crippen LogP contribution < -0.4 is 11.1 Å². The summed E-state index contributed by atoms with van der Waals surface area (Å²) in [6.45, 7) is 0.647. The molecule has 1 aliphatic carbocycles. The molecule has 0 spiro atoms. The summed E-state index contributed by atoms with van der Waals surface area (Å²) in [5, 5.41) is 7.64. The smallest absolute Gasteiger partial charge is 0.218 e. The van der Waals surface area contributed by atoms with Crippen LogP contribution in [0.25, 0.3) is 0 Å². The number of hydrogen-bond acceptors (Lipinski definition) is 3. The zero-order valence-corrected chi connectivity index (χ0v) is 9.57. The third-order valence-corrected chi connectivity index (χ3v) is 3.14. The molecule has 2 rings (SSSR count). The predicted molar refractivity (Wildman–Crippen MR) is 60.7 cm³/mol. The van der Waals surface area contributed by atoms with Crippen molar-refractivity contribution in [2.24, 2.45) is 12.8 Å². The van der Waals surface area contributed by atoms with E-state index in [-0.39, 0.29) is 5.91 Å². The lowest BCUT2D eigenvalue weighted by molar-refractivity contribution is -0.117. The van der Waals surface area contributed by atoms with Crippen LogP contribution in [-0.4, -0.2) is 22.2 Å². The summed E-state index contributed by atoms with van der Waals surface area (Å²) < 4.78 is 1.94. The van der Waals surface area contributed by atoms with Crippen molar-refractivity contribution < 1.29 is 4.79 Å². The summed E-state index contributed by atoms with van der Waals surface area (Å²) in [5.41, 5.74) is 7.70. The number of amides is 1. The number of carbonyl (C=O) groups is 1. The van der Waals surface area contributed by atoms with Gasteiger partial charge in [-0.25, -0.2) is 0 Å². The Morgan fingerprint density at radius 1 is 1.75 bits per heavy atom. The number of nitrogens with zero attached hydrogens (tertiary/aromatic N) is 2. The number of carbonyl (C=O) groups excluding carboxylic acids is 1. The lowest BCUT2D eigenvalue weighted by Crippen LogP contribution is -2.28. The third-order valence-electron chi connectivity index (χ3n) is 3.14. The van der Waals surface area contributed by atoms with Gasteiger partial charge in [-0.15, -0.1) is 0 Å². The van der Waals surface area contributed by atoms with Crippen molar-refractivity contribution in [3.8, 4) is 0 Å². The minimum atomic E-state index is -0.255. The Morgan fingerprint density at radius 2 is 2.56 bits per heavy atom. The van der Waals surface area contributed by atoms with Crippen LogP contribution in [0, 0.1) is 0 Å². The first-order chi connectivity index (χ1) is 7.68. The molecule has 1 aliphatic rings. The van der Waals surface area contributed by atoms with E-state index in [1.165, 1.54) is 17.7 Å². The van der Waals surface area contributed by atoms with E-state index in [9.17, 15) is 4.79 Å². The van der Waals surface area contributed by atoms with Crippen molar-refractivity contribution in [2.75, 3.05) is 6.54 Å². The average Bonchev–Trinajstić information content (AvgIpc) is 2.61. The molecule has 3 N–H and O–H groups in total. The molecule has 1 aromatic heterocycles. The third kappa shape index (κ3) is 2.24. The molecular formula is C11H18N4O. The van der Waals surface area contributed by atoms with Crippen molar-refractivity contribution in [1.29, 1.82) is 0 Å². The highest BCUT2D eigenvalue weighted by Crippen LogP contribution is 2.28. The summed E-state index contributed by atoms with van der Waals surface area (Å²) >= 11 is 0. The number of hydrogen-bond donors (Lipinski definition) is 2. The first-order valence-electron chi connectivity index (χ1n) is 5.71. The molecular weight excluding hydrogens is 204 g/mol. The zero-order valence-electron chi connectivity index (χ0n) is 9.57. The van der Waals surface area contributed by atoms with Crippen molar-refractivity contribution >= 4 is 5.91 Å². The first kappa shape index (κ1) is 11.1. The van der Waals surface area contributed by atoms with Gasteiger partial charge < -0.3 is 11.1 Å². The molecule has 0 aromatic carbocycles. The second-order valence-electron chi connectivity index (χ2n) is 4.29. The van der Waals surface area contributed by atoms with Gasteiger partial charge >= 0.3 is 0 Å². The maximum absolute atomic E-state index is 10.7. The number of aromatic nitrogens is 2. The van der Waals surface area contributed by atoms with Gasteiger partial charge in [-0.3, -0.25) is 9.48 Å².